The predicted molar refractivity (Wildman–Crippen MR) is 137 cm³/mol. The van der Waals surface area contributed by atoms with Gasteiger partial charge in [0.15, 0.2) is 5.65 Å². The van der Waals surface area contributed by atoms with Crippen molar-refractivity contribution in [1.29, 1.82) is 0 Å². The van der Waals surface area contributed by atoms with Crippen LogP contribution in [0.4, 0.5) is 5.69 Å². The molecule has 3 aromatic heterocycles. The molecule has 1 aliphatic heterocycles. The maximum Gasteiger partial charge on any atom is 0.327 e. The van der Waals surface area contributed by atoms with Crippen LogP contribution in [-0.4, -0.2) is 77.8 Å². The first-order chi connectivity index (χ1) is 17.9. The summed E-state index contributed by atoms with van der Waals surface area (Å²) in [5.74, 6) is 0.354. The van der Waals surface area contributed by atoms with Gasteiger partial charge >= 0.3 is 11.7 Å². The van der Waals surface area contributed by atoms with Crippen LogP contribution in [0.1, 0.15) is 32.4 Å². The van der Waals surface area contributed by atoms with Crippen LogP contribution in [0.3, 0.4) is 0 Å². The number of aromatic nitrogens is 6. The summed E-state index contributed by atoms with van der Waals surface area (Å²) >= 11 is 0. The molecule has 0 unspecified atom stereocenters. The summed E-state index contributed by atoms with van der Waals surface area (Å²) in [5.41, 5.74) is 1.73. The van der Waals surface area contributed by atoms with Crippen molar-refractivity contribution < 1.29 is 9.84 Å². The monoisotopic (exact) mass is 503 g/mol. The molecule has 4 heterocycles. The quantitative estimate of drug-likeness (QED) is 0.351. The number of aromatic hydroxyl groups is 1. The van der Waals surface area contributed by atoms with Crippen LogP contribution in [0.15, 0.2) is 40.2 Å². The van der Waals surface area contributed by atoms with E-state index in [2.05, 4.69) is 65.8 Å². The van der Waals surface area contributed by atoms with Crippen molar-refractivity contribution in [2.24, 2.45) is 4.99 Å². The summed E-state index contributed by atoms with van der Waals surface area (Å²) in [6.07, 6.45) is 5.18. The fourth-order valence-electron chi connectivity index (χ4n) is 4.43. The van der Waals surface area contributed by atoms with Gasteiger partial charge in [-0.05, 0) is 57.0 Å². The van der Waals surface area contributed by atoms with Crippen molar-refractivity contribution in [1.82, 2.24) is 34.4 Å². The van der Waals surface area contributed by atoms with Crippen molar-refractivity contribution >= 4 is 17.4 Å². The van der Waals surface area contributed by atoms with Crippen LogP contribution >= 0.6 is 0 Å². The molecule has 0 atom stereocenters. The Morgan fingerprint density at radius 2 is 1.86 bits per heavy atom. The smallest absolute Gasteiger partial charge is 0.327 e. The van der Waals surface area contributed by atoms with Gasteiger partial charge in [0.1, 0.15) is 11.4 Å². The minimum absolute atomic E-state index is 0.145. The lowest BCUT2D eigenvalue weighted by Gasteiger charge is -2.38. The van der Waals surface area contributed by atoms with E-state index in [1.165, 1.54) is 0 Å². The molecule has 1 aliphatic carbocycles. The van der Waals surface area contributed by atoms with Gasteiger partial charge in [-0.2, -0.15) is 19.6 Å². The van der Waals surface area contributed by atoms with E-state index in [0.29, 0.717) is 28.3 Å². The number of aromatic amines is 2. The Hall–Kier alpha value is -4.19. The Bertz CT molecular complexity index is 1590. The fraction of sp³-hybridized carbons (Fsp3) is 0.400. The van der Waals surface area contributed by atoms with Gasteiger partial charge in [0, 0.05) is 43.1 Å². The van der Waals surface area contributed by atoms with Gasteiger partial charge in [-0.15, -0.1) is 0 Å². The molecule has 0 amide bonds. The van der Waals surface area contributed by atoms with Crippen molar-refractivity contribution in [2.45, 2.75) is 38.8 Å². The number of hydrogen-bond donors (Lipinski definition) is 3. The molecular weight excluding hydrogens is 474 g/mol. The van der Waals surface area contributed by atoms with E-state index >= 15 is 0 Å². The number of fused-ring (bicyclic) bond motifs is 1. The van der Waals surface area contributed by atoms with Crippen LogP contribution in [-0.2, 0) is 0 Å². The lowest BCUT2D eigenvalue weighted by molar-refractivity contribution is 0.209. The van der Waals surface area contributed by atoms with Crippen molar-refractivity contribution in [2.75, 3.05) is 31.1 Å². The molecule has 1 saturated heterocycles. The summed E-state index contributed by atoms with van der Waals surface area (Å²) in [7, 11) is 0. The maximum absolute atomic E-state index is 11.5. The molecule has 2 aliphatic rings. The third-order valence-electron chi connectivity index (χ3n) is 6.69. The average Bonchev–Trinajstić information content (AvgIpc) is 3.53. The number of nitrogens with one attached hydrogen (secondary N) is 2. The topological polar surface area (TPSA) is 140 Å². The zero-order chi connectivity index (χ0) is 25.5. The maximum atomic E-state index is 11.5. The van der Waals surface area contributed by atoms with Crippen LogP contribution in [0.25, 0.3) is 11.7 Å². The normalized spacial score (nSPS) is 17.9. The highest BCUT2D eigenvalue weighted by Crippen LogP contribution is 2.24. The van der Waals surface area contributed by atoms with Gasteiger partial charge in [0.25, 0.3) is 5.62 Å². The summed E-state index contributed by atoms with van der Waals surface area (Å²) in [6, 6.07) is 8.87. The molecule has 192 valence electrons. The molecule has 0 spiro atoms. The molecule has 1 saturated carbocycles. The zero-order valence-electron chi connectivity index (χ0n) is 20.8. The number of nitrogens with zero attached hydrogens (tertiary/aromatic N) is 7. The highest BCUT2D eigenvalue weighted by atomic mass is 16.5. The summed E-state index contributed by atoms with van der Waals surface area (Å²) in [6.45, 7) is 8.56. The molecule has 2 fully saturated rings. The first-order valence-electron chi connectivity index (χ1n) is 12.5. The Balaban J connectivity index is 1.29. The molecular formula is C25H29N9O3. The van der Waals surface area contributed by atoms with E-state index in [0.717, 1.165) is 44.7 Å². The largest absolute Gasteiger partial charge is 0.493 e. The minimum Gasteiger partial charge on any atom is -0.493 e. The van der Waals surface area contributed by atoms with Gasteiger partial charge in [-0.3, -0.25) is 9.88 Å². The fourth-order valence-corrected chi connectivity index (χ4v) is 4.43. The Labute approximate surface area is 212 Å². The van der Waals surface area contributed by atoms with Crippen LogP contribution in [0, 0.1) is 0 Å². The van der Waals surface area contributed by atoms with Crippen molar-refractivity contribution in [3.05, 3.63) is 57.5 Å². The summed E-state index contributed by atoms with van der Waals surface area (Å²) in [5, 5.41) is 14.9. The van der Waals surface area contributed by atoms with Gasteiger partial charge in [-0.1, -0.05) is 0 Å². The summed E-state index contributed by atoms with van der Waals surface area (Å²) in [4.78, 5) is 35.0. The highest BCUT2D eigenvalue weighted by Gasteiger charge is 2.22. The first kappa shape index (κ1) is 23.2. The molecule has 1 aromatic carbocycles. The number of benzene rings is 1. The molecule has 12 nitrogen and oxygen atoms in total. The Morgan fingerprint density at radius 3 is 2.51 bits per heavy atom. The van der Waals surface area contributed by atoms with E-state index in [1.807, 2.05) is 12.1 Å². The number of imidazole rings is 1. The molecule has 0 radical (unpaired) electrons. The van der Waals surface area contributed by atoms with Crippen LogP contribution in [0.2, 0.25) is 0 Å². The minimum atomic E-state index is -0.506. The third kappa shape index (κ3) is 4.92. The van der Waals surface area contributed by atoms with Crippen molar-refractivity contribution in [3.63, 3.8) is 0 Å². The molecule has 0 bridgehead atoms. The third-order valence-corrected chi connectivity index (χ3v) is 6.69. The van der Waals surface area contributed by atoms with E-state index in [4.69, 9.17) is 4.74 Å². The van der Waals surface area contributed by atoms with E-state index in [-0.39, 0.29) is 23.6 Å². The molecule has 3 N–H and O–H groups in total. The van der Waals surface area contributed by atoms with Gasteiger partial charge in [0.2, 0.25) is 5.88 Å². The van der Waals surface area contributed by atoms with E-state index in [1.54, 1.807) is 16.8 Å². The summed E-state index contributed by atoms with van der Waals surface area (Å²) < 4.78 is 7.59. The average molecular weight is 504 g/mol. The highest BCUT2D eigenvalue weighted by molar-refractivity contribution is 5.56. The number of piperazine rings is 1. The van der Waals surface area contributed by atoms with Gasteiger partial charge in [-0.25, -0.2) is 9.79 Å². The second kappa shape index (κ2) is 9.36. The Morgan fingerprint density at radius 1 is 1.11 bits per heavy atom. The second-order valence-electron chi connectivity index (χ2n) is 9.70. The SMILES string of the molecule is CC(C)N1CCN(c2ccc(Oc3nc(=NC4CC4)n4ncc(=Cc5[nH]c(=O)[nH]c5O)c4n3)cc2)CC1. The lowest BCUT2D eigenvalue weighted by Crippen LogP contribution is -2.48. The lowest BCUT2D eigenvalue weighted by atomic mass is 10.2. The standard InChI is InChI=1S/C25H29N9O3/c1-15(2)32-9-11-33(12-10-32)18-5-7-19(8-6-18)37-25-29-21-16(13-20-22(35)30-24(36)28-20)14-26-34(21)23(31-25)27-17-3-4-17/h5-8,13-15,17,35H,3-4,9-12H2,1-2H3,(H2,28,30,36). The second-order valence-corrected chi connectivity index (χ2v) is 9.70. The number of H-pyrrole nitrogens is 2. The van der Waals surface area contributed by atoms with E-state index in [9.17, 15) is 9.90 Å². The van der Waals surface area contributed by atoms with Crippen molar-refractivity contribution in [3.8, 4) is 17.6 Å². The number of ether oxygens (including phenoxy) is 1. The number of hydrogen-bond acceptors (Lipinski definition) is 9. The predicted octanol–water partition coefficient (Wildman–Crippen LogP) is 0.780. The number of rotatable bonds is 6. The molecule has 6 rings (SSSR count). The van der Waals surface area contributed by atoms with Gasteiger partial charge in [0.05, 0.1) is 12.2 Å². The molecule has 4 aromatic rings. The molecule has 12 heteroatoms. The van der Waals surface area contributed by atoms with Crippen LogP contribution in [0.5, 0.6) is 17.6 Å². The Kier molecular flexibility index (Phi) is 5.87. The zero-order valence-corrected chi connectivity index (χ0v) is 20.8. The molecule has 37 heavy (non-hydrogen) atoms. The van der Waals surface area contributed by atoms with Gasteiger partial charge < -0.3 is 19.7 Å². The van der Waals surface area contributed by atoms with Crippen LogP contribution < -0.4 is 26.2 Å². The first-order valence-corrected chi connectivity index (χ1v) is 12.5. The van der Waals surface area contributed by atoms with E-state index < -0.39 is 5.69 Å². The number of anilines is 1.